The Bertz CT molecular complexity index is 1250. The van der Waals surface area contributed by atoms with Crippen LogP contribution in [0.2, 0.25) is 0 Å². The number of aromatic nitrogens is 2. The Morgan fingerprint density at radius 1 is 0.929 bits per heavy atom. The largest absolute Gasteiger partial charge is 0.328 e. The van der Waals surface area contributed by atoms with Crippen molar-refractivity contribution in [3.63, 3.8) is 0 Å². The number of rotatable bonds is 2. The summed E-state index contributed by atoms with van der Waals surface area (Å²) in [7, 11) is 3.49. The highest BCUT2D eigenvalue weighted by Gasteiger charge is 2.33. The number of anilines is 1. The molecule has 2 aromatic carbocycles. The van der Waals surface area contributed by atoms with Gasteiger partial charge in [0.1, 0.15) is 0 Å². The number of hydrogen-bond acceptors (Lipinski definition) is 4. The first kappa shape index (κ1) is 18.7. The Labute approximate surface area is 172 Å². The predicted octanol–water partition coefficient (Wildman–Crippen LogP) is 3.90. The molecule has 7 heteroatoms. The average molecular weight is 410 g/mol. The van der Waals surface area contributed by atoms with Crippen molar-refractivity contribution in [2.75, 3.05) is 4.90 Å². The normalized spacial score (nSPS) is 16.0. The lowest BCUT2D eigenvalue weighted by molar-refractivity contribution is -0.113. The number of thiocarbonyl (C=S) groups is 1. The van der Waals surface area contributed by atoms with Crippen LogP contribution in [-0.4, -0.2) is 19.4 Å². The van der Waals surface area contributed by atoms with Crippen molar-refractivity contribution in [1.29, 1.82) is 0 Å². The lowest BCUT2D eigenvalue weighted by Gasteiger charge is -2.15. The summed E-state index contributed by atoms with van der Waals surface area (Å²) < 4.78 is 3.73. The smallest absolute Gasteiger partial charge is 0.295 e. The number of thioether (sulfide) groups is 1. The molecule has 1 aliphatic rings. The number of carbonyl (C=O) groups excluding carboxylic acids is 1. The molecule has 2 heterocycles. The number of carbonyl (C=O) groups is 1. The second-order valence-electron chi connectivity index (χ2n) is 6.93. The van der Waals surface area contributed by atoms with Crippen LogP contribution in [0, 0.1) is 13.8 Å². The first-order chi connectivity index (χ1) is 13.3. The predicted molar refractivity (Wildman–Crippen MR) is 120 cm³/mol. The van der Waals surface area contributed by atoms with Gasteiger partial charge in [0.05, 0.1) is 21.6 Å². The summed E-state index contributed by atoms with van der Waals surface area (Å²) in [6, 6.07) is 11.6. The van der Waals surface area contributed by atoms with Crippen LogP contribution >= 0.6 is 24.0 Å². The number of amides is 1. The van der Waals surface area contributed by atoms with Crippen molar-refractivity contribution >= 4 is 57.0 Å². The molecule has 1 aliphatic heterocycles. The number of hydrogen-bond donors (Lipinski definition) is 0. The Kier molecular flexibility index (Phi) is 4.51. The molecular weight excluding hydrogens is 390 g/mol. The van der Waals surface area contributed by atoms with Crippen LogP contribution in [-0.2, 0) is 18.9 Å². The van der Waals surface area contributed by atoms with E-state index in [2.05, 4.69) is 0 Å². The zero-order valence-electron chi connectivity index (χ0n) is 16.0. The second-order valence-corrected chi connectivity index (χ2v) is 8.61. The van der Waals surface area contributed by atoms with Crippen molar-refractivity contribution in [3.8, 4) is 0 Å². The first-order valence-corrected chi connectivity index (χ1v) is 10.0. The van der Waals surface area contributed by atoms with E-state index in [1.807, 2.05) is 56.3 Å². The van der Waals surface area contributed by atoms with Gasteiger partial charge in [-0.05, 0) is 60.9 Å². The van der Waals surface area contributed by atoms with Crippen LogP contribution < -0.4 is 10.6 Å². The second kappa shape index (κ2) is 6.76. The third-order valence-corrected chi connectivity index (χ3v) is 6.44. The molecule has 0 spiro atoms. The molecule has 1 fully saturated rings. The van der Waals surface area contributed by atoms with Gasteiger partial charge in [-0.1, -0.05) is 36.1 Å². The van der Waals surface area contributed by atoms with E-state index >= 15 is 0 Å². The van der Waals surface area contributed by atoms with Gasteiger partial charge in [0.15, 0.2) is 4.32 Å². The lowest BCUT2D eigenvalue weighted by atomic mass is 10.1. The quantitative estimate of drug-likeness (QED) is 0.476. The Morgan fingerprint density at radius 3 is 2.36 bits per heavy atom. The molecule has 5 nitrogen and oxygen atoms in total. The molecule has 0 N–H and O–H groups in total. The fourth-order valence-corrected chi connectivity index (χ4v) is 4.62. The molecule has 1 amide bonds. The summed E-state index contributed by atoms with van der Waals surface area (Å²) in [6.07, 6.45) is 1.83. The van der Waals surface area contributed by atoms with Gasteiger partial charge in [-0.15, -0.1) is 0 Å². The summed E-state index contributed by atoms with van der Waals surface area (Å²) in [5.74, 6) is -0.125. The van der Waals surface area contributed by atoms with Gasteiger partial charge in [-0.2, -0.15) is 0 Å². The van der Waals surface area contributed by atoms with Crippen molar-refractivity contribution in [3.05, 3.63) is 68.5 Å². The van der Waals surface area contributed by atoms with Crippen molar-refractivity contribution in [2.45, 2.75) is 13.8 Å². The topological polar surface area (TPSA) is 47.2 Å². The van der Waals surface area contributed by atoms with Gasteiger partial charge in [0.25, 0.3) is 5.91 Å². The Morgan fingerprint density at radius 2 is 1.64 bits per heavy atom. The Hall–Kier alpha value is -2.64. The van der Waals surface area contributed by atoms with Crippen LogP contribution in [0.15, 0.2) is 46.1 Å². The van der Waals surface area contributed by atoms with E-state index in [0.29, 0.717) is 9.23 Å². The summed E-state index contributed by atoms with van der Waals surface area (Å²) >= 11 is 6.76. The van der Waals surface area contributed by atoms with E-state index in [0.717, 1.165) is 27.8 Å². The summed E-state index contributed by atoms with van der Waals surface area (Å²) in [4.78, 5) is 27.3. The molecule has 3 aromatic rings. The molecule has 0 atom stereocenters. The summed E-state index contributed by atoms with van der Waals surface area (Å²) in [5.41, 5.74) is 5.54. The maximum atomic E-state index is 13.0. The van der Waals surface area contributed by atoms with Crippen LogP contribution in [0.4, 0.5) is 5.69 Å². The molecular formula is C21H19N3O2S2. The maximum Gasteiger partial charge on any atom is 0.328 e. The van der Waals surface area contributed by atoms with Gasteiger partial charge in [0, 0.05) is 14.1 Å². The average Bonchev–Trinajstić information content (AvgIpc) is 3.06. The summed E-state index contributed by atoms with van der Waals surface area (Å²) in [6.45, 7) is 4.06. The molecule has 0 saturated carbocycles. The third kappa shape index (κ3) is 2.91. The van der Waals surface area contributed by atoms with Gasteiger partial charge < -0.3 is 0 Å². The van der Waals surface area contributed by atoms with Crippen molar-refractivity contribution in [2.24, 2.45) is 14.1 Å². The monoisotopic (exact) mass is 409 g/mol. The highest BCUT2D eigenvalue weighted by molar-refractivity contribution is 8.27. The molecule has 0 radical (unpaired) electrons. The van der Waals surface area contributed by atoms with Crippen molar-refractivity contribution in [1.82, 2.24) is 9.13 Å². The van der Waals surface area contributed by atoms with E-state index in [1.165, 1.54) is 17.3 Å². The highest BCUT2D eigenvalue weighted by atomic mass is 32.2. The molecule has 1 saturated heterocycles. The molecule has 0 aliphatic carbocycles. The third-order valence-electron chi connectivity index (χ3n) is 5.14. The number of aryl methyl sites for hydroxylation is 4. The van der Waals surface area contributed by atoms with E-state index in [9.17, 15) is 9.59 Å². The van der Waals surface area contributed by atoms with Gasteiger partial charge >= 0.3 is 5.69 Å². The van der Waals surface area contributed by atoms with E-state index < -0.39 is 0 Å². The minimum absolute atomic E-state index is 0.0757. The van der Waals surface area contributed by atoms with Crippen molar-refractivity contribution < 1.29 is 4.79 Å². The van der Waals surface area contributed by atoms with Crippen LogP contribution in [0.1, 0.15) is 16.7 Å². The molecule has 0 unspecified atom stereocenters. The first-order valence-electron chi connectivity index (χ1n) is 8.78. The molecule has 142 valence electrons. The number of benzene rings is 2. The number of imidazole rings is 1. The van der Waals surface area contributed by atoms with Gasteiger partial charge in [-0.3, -0.25) is 18.8 Å². The molecule has 1 aromatic heterocycles. The number of fused-ring (bicyclic) bond motifs is 1. The maximum absolute atomic E-state index is 13.0. The fraction of sp³-hybridized carbons (Fsp3) is 0.190. The van der Waals surface area contributed by atoms with E-state index in [-0.39, 0.29) is 11.6 Å². The van der Waals surface area contributed by atoms with Gasteiger partial charge in [-0.25, -0.2) is 4.79 Å². The van der Waals surface area contributed by atoms with Crippen LogP contribution in [0.3, 0.4) is 0 Å². The number of nitrogens with zero attached hydrogens (tertiary/aromatic N) is 3. The van der Waals surface area contributed by atoms with E-state index in [1.54, 1.807) is 28.1 Å². The minimum Gasteiger partial charge on any atom is -0.295 e. The molecule has 28 heavy (non-hydrogen) atoms. The zero-order chi connectivity index (χ0) is 20.2. The standard InChI is InChI=1S/C21H19N3O2S2/c1-12-5-7-15(9-13(12)2)24-19(25)18(28-21(24)27)11-14-6-8-16-17(10-14)23(4)20(26)22(16)3/h5-11H,1-4H3/b18-11+. The SMILES string of the molecule is Cc1ccc(N2C(=O)/C(=C\c3ccc4c(c3)n(C)c(=O)n4C)SC2=S)cc1C. The minimum atomic E-state index is -0.125. The fourth-order valence-electron chi connectivity index (χ4n) is 3.32. The zero-order valence-corrected chi connectivity index (χ0v) is 17.6. The van der Waals surface area contributed by atoms with Crippen LogP contribution in [0.25, 0.3) is 17.1 Å². The lowest BCUT2D eigenvalue weighted by Crippen LogP contribution is -2.27. The molecule has 4 rings (SSSR count). The molecule has 0 bridgehead atoms. The van der Waals surface area contributed by atoms with Crippen LogP contribution in [0.5, 0.6) is 0 Å². The van der Waals surface area contributed by atoms with E-state index in [4.69, 9.17) is 12.2 Å². The Balaban J connectivity index is 1.73. The highest BCUT2D eigenvalue weighted by Crippen LogP contribution is 2.36. The van der Waals surface area contributed by atoms with Gasteiger partial charge in [0.2, 0.25) is 0 Å². The summed E-state index contributed by atoms with van der Waals surface area (Å²) in [5, 5.41) is 0.